The molecule has 1 fully saturated rings. The van der Waals surface area contributed by atoms with Crippen molar-refractivity contribution in [2.75, 3.05) is 19.6 Å². The highest BCUT2D eigenvalue weighted by atomic mass is 35.5. The lowest BCUT2D eigenvalue weighted by atomic mass is 9.89. The molecule has 4 rings (SSSR count). The Morgan fingerprint density at radius 2 is 1.97 bits per heavy atom. The van der Waals surface area contributed by atoms with E-state index in [1.54, 1.807) is 6.20 Å². The number of fused-ring (bicyclic) bond motifs is 1. The fourth-order valence-electron chi connectivity index (χ4n) is 4.03. The van der Waals surface area contributed by atoms with Crippen LogP contribution in [0.25, 0.3) is 11.1 Å². The summed E-state index contributed by atoms with van der Waals surface area (Å²) >= 11 is 0. The first kappa shape index (κ1) is 21.3. The van der Waals surface area contributed by atoms with E-state index in [0.717, 1.165) is 11.1 Å². The monoisotopic (exact) mass is 414 g/mol. The van der Waals surface area contributed by atoms with Gasteiger partial charge in [-0.05, 0) is 24.1 Å². The molecule has 2 atom stereocenters. The van der Waals surface area contributed by atoms with Gasteiger partial charge in [0.2, 0.25) is 0 Å². The standard InChI is InChI=1S/C22H26N4O2.ClH/c1-22(2,3)19-17-9-15(11-24-20(17)28-25-19)21(27)26-12-16(10-23)18(13-26)14-7-5-4-6-8-14;/h4-9,11,16,18H,10,12-13,23H2,1-3H3;1H/t16-,18+;/m1./s1. The summed E-state index contributed by atoms with van der Waals surface area (Å²) < 4.78 is 5.34. The van der Waals surface area contributed by atoms with Crippen LogP contribution in [0.2, 0.25) is 0 Å². The maximum absolute atomic E-state index is 13.2. The minimum Gasteiger partial charge on any atom is -0.338 e. The van der Waals surface area contributed by atoms with Crippen molar-refractivity contribution in [1.29, 1.82) is 0 Å². The predicted molar refractivity (Wildman–Crippen MR) is 115 cm³/mol. The highest BCUT2D eigenvalue weighted by Crippen LogP contribution is 2.34. The molecule has 0 saturated carbocycles. The fraction of sp³-hybridized carbons (Fsp3) is 0.409. The van der Waals surface area contributed by atoms with Crippen LogP contribution in [-0.4, -0.2) is 40.6 Å². The van der Waals surface area contributed by atoms with Crippen molar-refractivity contribution < 1.29 is 9.32 Å². The summed E-state index contributed by atoms with van der Waals surface area (Å²) in [6.45, 7) is 8.07. The normalized spacial score (nSPS) is 19.4. The molecule has 6 nitrogen and oxygen atoms in total. The van der Waals surface area contributed by atoms with Crippen LogP contribution in [0.4, 0.5) is 0 Å². The largest absolute Gasteiger partial charge is 0.338 e. The van der Waals surface area contributed by atoms with Crippen molar-refractivity contribution in [3.8, 4) is 0 Å². The van der Waals surface area contributed by atoms with Crippen LogP contribution in [0, 0.1) is 5.92 Å². The fourth-order valence-corrected chi connectivity index (χ4v) is 4.03. The third kappa shape index (κ3) is 4.00. The van der Waals surface area contributed by atoms with Gasteiger partial charge in [-0.15, -0.1) is 12.4 Å². The van der Waals surface area contributed by atoms with Crippen molar-refractivity contribution >= 4 is 29.4 Å². The number of rotatable bonds is 3. The second-order valence-electron chi connectivity index (χ2n) is 8.58. The molecule has 3 aromatic rings. The first-order valence-corrected chi connectivity index (χ1v) is 9.68. The van der Waals surface area contributed by atoms with E-state index in [2.05, 4.69) is 43.0 Å². The predicted octanol–water partition coefficient (Wildman–Crippen LogP) is 3.76. The number of nitrogens with zero attached hydrogens (tertiary/aromatic N) is 3. The van der Waals surface area contributed by atoms with Gasteiger partial charge in [-0.25, -0.2) is 4.98 Å². The van der Waals surface area contributed by atoms with E-state index in [4.69, 9.17) is 10.3 Å². The quantitative estimate of drug-likeness (QED) is 0.705. The van der Waals surface area contributed by atoms with E-state index in [0.29, 0.717) is 30.9 Å². The molecule has 0 unspecified atom stereocenters. The molecule has 1 aromatic carbocycles. The van der Waals surface area contributed by atoms with Crippen LogP contribution in [0.1, 0.15) is 48.3 Å². The molecule has 0 bridgehead atoms. The lowest BCUT2D eigenvalue weighted by Crippen LogP contribution is -2.30. The van der Waals surface area contributed by atoms with E-state index in [-0.39, 0.29) is 35.6 Å². The lowest BCUT2D eigenvalue weighted by molar-refractivity contribution is 0.0786. The van der Waals surface area contributed by atoms with E-state index in [1.807, 2.05) is 29.2 Å². The van der Waals surface area contributed by atoms with Gasteiger partial charge in [-0.2, -0.15) is 0 Å². The van der Waals surface area contributed by atoms with E-state index in [1.165, 1.54) is 5.56 Å². The number of nitrogens with two attached hydrogens (primary N) is 1. The summed E-state index contributed by atoms with van der Waals surface area (Å²) in [6.07, 6.45) is 1.58. The molecule has 3 heterocycles. The maximum atomic E-state index is 13.2. The molecule has 1 aliphatic rings. The number of benzene rings is 1. The number of carbonyl (C=O) groups excluding carboxylic acids is 1. The molecule has 29 heavy (non-hydrogen) atoms. The number of aromatic nitrogens is 2. The molecule has 0 spiro atoms. The van der Waals surface area contributed by atoms with Gasteiger partial charge in [0.15, 0.2) is 0 Å². The van der Waals surface area contributed by atoms with Gasteiger partial charge in [0.1, 0.15) is 0 Å². The third-order valence-corrected chi connectivity index (χ3v) is 5.55. The summed E-state index contributed by atoms with van der Waals surface area (Å²) in [5, 5.41) is 4.96. The second-order valence-corrected chi connectivity index (χ2v) is 8.58. The van der Waals surface area contributed by atoms with Crippen molar-refractivity contribution in [3.05, 3.63) is 59.4 Å². The number of amides is 1. The average molecular weight is 415 g/mol. The zero-order valence-corrected chi connectivity index (χ0v) is 17.8. The van der Waals surface area contributed by atoms with Crippen LogP contribution >= 0.6 is 12.4 Å². The molecule has 2 N–H and O–H groups in total. The Morgan fingerprint density at radius 3 is 2.62 bits per heavy atom. The smallest absolute Gasteiger partial charge is 0.257 e. The topological polar surface area (TPSA) is 85.2 Å². The molecule has 7 heteroatoms. The van der Waals surface area contributed by atoms with E-state index < -0.39 is 0 Å². The van der Waals surface area contributed by atoms with Gasteiger partial charge < -0.3 is 15.2 Å². The molecule has 1 aliphatic heterocycles. The molecule has 1 saturated heterocycles. The van der Waals surface area contributed by atoms with Gasteiger partial charge in [-0.3, -0.25) is 4.79 Å². The number of carbonyl (C=O) groups is 1. The number of hydrogen-bond acceptors (Lipinski definition) is 5. The van der Waals surface area contributed by atoms with Gasteiger partial charge >= 0.3 is 0 Å². The molecule has 0 radical (unpaired) electrons. The van der Waals surface area contributed by atoms with Crippen LogP contribution < -0.4 is 5.73 Å². The van der Waals surface area contributed by atoms with Gasteiger partial charge in [-0.1, -0.05) is 56.3 Å². The SMILES string of the molecule is CC(C)(C)c1noc2ncc(C(=O)N3C[C@@H](CN)[C@H](c4ccccc4)C3)cc12.Cl. The van der Waals surface area contributed by atoms with E-state index in [9.17, 15) is 4.79 Å². The lowest BCUT2D eigenvalue weighted by Gasteiger charge is -2.17. The van der Waals surface area contributed by atoms with Gasteiger partial charge in [0.25, 0.3) is 11.6 Å². The Labute approximate surface area is 176 Å². The van der Waals surface area contributed by atoms with Crippen LogP contribution in [0.15, 0.2) is 47.1 Å². The summed E-state index contributed by atoms with van der Waals surface area (Å²) in [4.78, 5) is 19.4. The molecular formula is C22H27ClN4O2. The van der Waals surface area contributed by atoms with Crippen LogP contribution in [-0.2, 0) is 5.41 Å². The zero-order valence-electron chi connectivity index (χ0n) is 17.0. The van der Waals surface area contributed by atoms with Crippen molar-refractivity contribution in [2.24, 2.45) is 11.7 Å². The minimum absolute atomic E-state index is 0. The van der Waals surface area contributed by atoms with E-state index >= 15 is 0 Å². The highest BCUT2D eigenvalue weighted by molar-refractivity contribution is 5.97. The van der Waals surface area contributed by atoms with Crippen molar-refractivity contribution in [3.63, 3.8) is 0 Å². The summed E-state index contributed by atoms with van der Waals surface area (Å²) in [5.41, 5.74) is 8.90. The third-order valence-electron chi connectivity index (χ3n) is 5.55. The molecule has 1 amide bonds. The van der Waals surface area contributed by atoms with Gasteiger partial charge in [0, 0.05) is 30.6 Å². The number of likely N-dealkylation sites (tertiary alicyclic amines) is 1. The molecule has 2 aromatic heterocycles. The zero-order chi connectivity index (χ0) is 19.9. The van der Waals surface area contributed by atoms with Crippen LogP contribution in [0.3, 0.4) is 0 Å². The van der Waals surface area contributed by atoms with Gasteiger partial charge in [0.05, 0.1) is 16.6 Å². The Bertz CT molecular complexity index is 997. The van der Waals surface area contributed by atoms with Crippen molar-refractivity contribution in [1.82, 2.24) is 15.0 Å². The van der Waals surface area contributed by atoms with Crippen molar-refractivity contribution in [2.45, 2.75) is 32.1 Å². The number of pyridine rings is 1. The molecular weight excluding hydrogens is 388 g/mol. The molecule has 0 aliphatic carbocycles. The Balaban J connectivity index is 0.00000240. The summed E-state index contributed by atoms with van der Waals surface area (Å²) in [6, 6.07) is 12.2. The Hall–Kier alpha value is -2.44. The summed E-state index contributed by atoms with van der Waals surface area (Å²) in [5.74, 6) is 0.490. The first-order chi connectivity index (χ1) is 13.4. The average Bonchev–Trinajstić information content (AvgIpc) is 3.31. The second kappa shape index (κ2) is 8.13. The Morgan fingerprint density at radius 1 is 1.24 bits per heavy atom. The Kier molecular flexibility index (Phi) is 5.96. The summed E-state index contributed by atoms with van der Waals surface area (Å²) in [7, 11) is 0. The minimum atomic E-state index is -0.189. The highest BCUT2D eigenvalue weighted by Gasteiger charge is 2.36. The maximum Gasteiger partial charge on any atom is 0.257 e. The molecule has 154 valence electrons. The van der Waals surface area contributed by atoms with Crippen LogP contribution in [0.5, 0.6) is 0 Å². The number of hydrogen-bond donors (Lipinski definition) is 1. The number of halogens is 1. The first-order valence-electron chi connectivity index (χ1n) is 9.68.